The van der Waals surface area contributed by atoms with Crippen molar-refractivity contribution in [3.8, 4) is 5.13 Å². The first-order valence-corrected chi connectivity index (χ1v) is 9.48. The van der Waals surface area contributed by atoms with E-state index in [4.69, 9.17) is 11.6 Å². The number of thiazole rings is 1. The molecular formula is C14H13ClN4O2S2. The highest BCUT2D eigenvalue weighted by Crippen LogP contribution is 2.16. The lowest BCUT2D eigenvalue weighted by molar-refractivity contribution is 0.581. The summed E-state index contributed by atoms with van der Waals surface area (Å²) >= 11 is 7.28. The van der Waals surface area contributed by atoms with Gasteiger partial charge in [0, 0.05) is 35.8 Å². The van der Waals surface area contributed by atoms with E-state index >= 15 is 0 Å². The number of halogens is 1. The van der Waals surface area contributed by atoms with Crippen molar-refractivity contribution in [3.05, 3.63) is 58.8 Å². The van der Waals surface area contributed by atoms with Gasteiger partial charge in [-0.05, 0) is 24.3 Å². The molecule has 23 heavy (non-hydrogen) atoms. The quantitative estimate of drug-likeness (QED) is 0.725. The van der Waals surface area contributed by atoms with Crippen molar-refractivity contribution in [1.82, 2.24) is 19.5 Å². The summed E-state index contributed by atoms with van der Waals surface area (Å²) in [5.41, 5.74) is 0.814. The zero-order chi connectivity index (χ0) is 16.3. The lowest BCUT2D eigenvalue weighted by Crippen LogP contribution is -2.26. The standard InChI is InChI=1S/C14H13ClN4O2S2/c15-11-3-1-4-13(9-11)23(20,21)17-7-5-12-10-22-14(18-12)19-8-2-6-16-19/h1-4,6,8-10,17H,5,7H2. The first kappa shape index (κ1) is 16.1. The summed E-state index contributed by atoms with van der Waals surface area (Å²) in [6.45, 7) is 0.261. The largest absolute Gasteiger partial charge is 0.240 e. The lowest BCUT2D eigenvalue weighted by Gasteiger charge is -2.06. The van der Waals surface area contributed by atoms with Gasteiger partial charge in [-0.25, -0.2) is 22.8 Å². The Labute approximate surface area is 142 Å². The SMILES string of the molecule is O=S(=O)(NCCc1csc(-n2cccn2)n1)c1cccc(Cl)c1. The lowest BCUT2D eigenvalue weighted by atomic mass is 10.3. The van der Waals surface area contributed by atoms with Crippen molar-refractivity contribution in [2.45, 2.75) is 11.3 Å². The minimum absolute atomic E-state index is 0.153. The van der Waals surface area contributed by atoms with E-state index in [0.29, 0.717) is 11.4 Å². The highest BCUT2D eigenvalue weighted by Gasteiger charge is 2.14. The second kappa shape index (κ2) is 6.79. The van der Waals surface area contributed by atoms with Crippen LogP contribution >= 0.6 is 22.9 Å². The molecule has 0 saturated carbocycles. The molecule has 0 aliphatic carbocycles. The Balaban J connectivity index is 1.61. The number of benzene rings is 1. The Morgan fingerprint density at radius 2 is 2.17 bits per heavy atom. The van der Waals surface area contributed by atoms with Crippen molar-refractivity contribution < 1.29 is 8.42 Å². The van der Waals surface area contributed by atoms with Gasteiger partial charge in [0.1, 0.15) is 0 Å². The van der Waals surface area contributed by atoms with Crippen molar-refractivity contribution in [2.24, 2.45) is 0 Å². The van der Waals surface area contributed by atoms with Crippen molar-refractivity contribution in [1.29, 1.82) is 0 Å². The topological polar surface area (TPSA) is 76.9 Å². The van der Waals surface area contributed by atoms with Crippen molar-refractivity contribution in [3.63, 3.8) is 0 Å². The molecule has 1 aromatic carbocycles. The average Bonchev–Trinajstić information content (AvgIpc) is 3.18. The molecule has 0 spiro atoms. The van der Waals surface area contributed by atoms with E-state index in [0.717, 1.165) is 10.8 Å². The predicted octanol–water partition coefficient (Wildman–Crippen LogP) is 2.50. The Kier molecular flexibility index (Phi) is 4.76. The summed E-state index contributed by atoms with van der Waals surface area (Å²) < 4.78 is 28.6. The molecule has 1 N–H and O–H groups in total. The summed E-state index contributed by atoms with van der Waals surface area (Å²) in [7, 11) is -3.57. The fourth-order valence-corrected chi connectivity index (χ4v) is 4.06. The van der Waals surface area contributed by atoms with Crippen LogP contribution in [0.4, 0.5) is 0 Å². The van der Waals surface area contributed by atoms with E-state index in [1.165, 1.54) is 23.5 Å². The zero-order valence-electron chi connectivity index (χ0n) is 11.9. The molecule has 0 aliphatic heterocycles. The van der Waals surface area contributed by atoms with Gasteiger partial charge >= 0.3 is 0 Å². The predicted molar refractivity (Wildman–Crippen MR) is 89.6 cm³/mol. The molecular weight excluding hydrogens is 356 g/mol. The Hall–Kier alpha value is -1.74. The van der Waals surface area contributed by atoms with Gasteiger partial charge in [0.2, 0.25) is 15.2 Å². The van der Waals surface area contributed by atoms with E-state index in [9.17, 15) is 8.42 Å². The average molecular weight is 369 g/mol. The van der Waals surface area contributed by atoms with Crippen LogP contribution in [0, 0.1) is 0 Å². The fraction of sp³-hybridized carbons (Fsp3) is 0.143. The van der Waals surface area contributed by atoms with E-state index in [1.807, 2.05) is 17.6 Å². The van der Waals surface area contributed by atoms with Crippen molar-refractivity contribution >= 4 is 33.0 Å². The first-order chi connectivity index (χ1) is 11.0. The number of nitrogens with zero attached hydrogens (tertiary/aromatic N) is 3. The van der Waals surface area contributed by atoms with Crippen LogP contribution in [0.25, 0.3) is 5.13 Å². The maximum Gasteiger partial charge on any atom is 0.240 e. The smallest absolute Gasteiger partial charge is 0.223 e. The molecule has 6 nitrogen and oxygen atoms in total. The third kappa shape index (κ3) is 3.97. The molecule has 2 aromatic heterocycles. The molecule has 0 atom stereocenters. The minimum atomic E-state index is -3.57. The minimum Gasteiger partial charge on any atom is -0.223 e. The molecule has 3 rings (SSSR count). The number of nitrogens with one attached hydrogen (secondary N) is 1. The van der Waals surface area contributed by atoms with Gasteiger partial charge in [-0.1, -0.05) is 17.7 Å². The van der Waals surface area contributed by atoms with Crippen LogP contribution in [0.3, 0.4) is 0 Å². The summed E-state index contributed by atoms with van der Waals surface area (Å²) in [5, 5.41) is 7.14. The van der Waals surface area contributed by atoms with Crippen LogP contribution in [0.1, 0.15) is 5.69 Å². The van der Waals surface area contributed by atoms with E-state index in [2.05, 4.69) is 14.8 Å². The van der Waals surface area contributed by atoms with E-state index in [1.54, 1.807) is 23.0 Å². The normalized spacial score (nSPS) is 11.7. The van der Waals surface area contributed by atoms with Crippen LogP contribution in [0.2, 0.25) is 5.02 Å². The van der Waals surface area contributed by atoms with Crippen LogP contribution in [-0.4, -0.2) is 29.7 Å². The number of sulfonamides is 1. The van der Waals surface area contributed by atoms with Gasteiger partial charge in [0.15, 0.2) is 0 Å². The van der Waals surface area contributed by atoms with Gasteiger partial charge in [-0.2, -0.15) is 5.10 Å². The fourth-order valence-electron chi connectivity index (χ4n) is 1.93. The summed E-state index contributed by atoms with van der Waals surface area (Å²) in [6, 6.07) is 7.98. The molecule has 9 heteroatoms. The Morgan fingerprint density at radius 3 is 2.91 bits per heavy atom. The van der Waals surface area contributed by atoms with Gasteiger partial charge in [-0.15, -0.1) is 11.3 Å². The molecule has 0 bridgehead atoms. The van der Waals surface area contributed by atoms with E-state index < -0.39 is 10.0 Å². The molecule has 0 fully saturated rings. The third-order valence-electron chi connectivity index (χ3n) is 3.02. The Bertz CT molecular complexity index is 891. The van der Waals surface area contributed by atoms with Crippen LogP contribution in [-0.2, 0) is 16.4 Å². The molecule has 0 unspecified atom stereocenters. The molecule has 0 radical (unpaired) electrons. The first-order valence-electron chi connectivity index (χ1n) is 6.74. The number of hydrogen-bond donors (Lipinski definition) is 1. The molecule has 0 saturated heterocycles. The van der Waals surface area contributed by atoms with Gasteiger partial charge in [0.05, 0.1) is 10.6 Å². The maximum absolute atomic E-state index is 12.2. The van der Waals surface area contributed by atoms with Crippen molar-refractivity contribution in [2.75, 3.05) is 6.54 Å². The van der Waals surface area contributed by atoms with Gasteiger partial charge in [0.25, 0.3) is 0 Å². The molecule has 3 aromatic rings. The second-order valence-electron chi connectivity index (χ2n) is 4.68. The highest BCUT2D eigenvalue weighted by molar-refractivity contribution is 7.89. The summed E-state index contributed by atoms with van der Waals surface area (Å²) in [5.74, 6) is 0. The number of hydrogen-bond acceptors (Lipinski definition) is 5. The van der Waals surface area contributed by atoms with Crippen LogP contribution < -0.4 is 4.72 Å². The number of aromatic nitrogens is 3. The van der Waals surface area contributed by atoms with Crippen LogP contribution in [0.15, 0.2) is 53.0 Å². The van der Waals surface area contributed by atoms with Gasteiger partial charge in [-0.3, -0.25) is 0 Å². The Morgan fingerprint density at radius 1 is 1.30 bits per heavy atom. The third-order valence-corrected chi connectivity index (χ3v) is 5.59. The summed E-state index contributed by atoms with van der Waals surface area (Å²) in [6.07, 6.45) is 3.99. The van der Waals surface area contributed by atoms with E-state index in [-0.39, 0.29) is 11.4 Å². The second-order valence-corrected chi connectivity index (χ2v) is 7.72. The summed E-state index contributed by atoms with van der Waals surface area (Å²) in [4.78, 5) is 4.58. The molecule has 0 amide bonds. The molecule has 120 valence electrons. The van der Waals surface area contributed by atoms with Gasteiger partial charge < -0.3 is 0 Å². The number of rotatable bonds is 6. The maximum atomic E-state index is 12.2. The molecule has 0 aliphatic rings. The monoisotopic (exact) mass is 368 g/mol. The van der Waals surface area contributed by atoms with Crippen LogP contribution in [0.5, 0.6) is 0 Å². The zero-order valence-corrected chi connectivity index (χ0v) is 14.3. The molecule has 2 heterocycles. The highest BCUT2D eigenvalue weighted by atomic mass is 35.5.